The monoisotopic (exact) mass is 434 g/mol. The average Bonchev–Trinajstić information content (AvgIpc) is 2.83. The highest BCUT2D eigenvalue weighted by atomic mass is 16.5. The lowest BCUT2D eigenvalue weighted by Crippen LogP contribution is -2.11. The lowest BCUT2D eigenvalue weighted by Gasteiger charge is -2.27. The molecule has 0 saturated heterocycles. The summed E-state index contributed by atoms with van der Waals surface area (Å²) in [5.74, 6) is 1.61. The molecular weight excluding hydrogens is 400 g/mol. The topological polar surface area (TPSA) is 55.8 Å². The van der Waals surface area contributed by atoms with Gasteiger partial charge in [-0.05, 0) is 78.8 Å². The van der Waals surface area contributed by atoms with Crippen molar-refractivity contribution in [2.24, 2.45) is 5.92 Å². The van der Waals surface area contributed by atoms with Gasteiger partial charge in [0.2, 0.25) is 0 Å². The number of carbonyl (C=O) groups excluding carboxylic acids is 1. The first-order valence-corrected chi connectivity index (χ1v) is 11.4. The van der Waals surface area contributed by atoms with E-state index in [0.717, 1.165) is 16.7 Å². The SMILES string of the molecule is C=CC1CCC(c2ccc(-c3ccc(OCCO)c(CCOC(=O)C(=C)C)c3)cc2)CC1. The van der Waals surface area contributed by atoms with E-state index in [-0.39, 0.29) is 19.8 Å². The van der Waals surface area contributed by atoms with E-state index in [1.807, 2.05) is 12.1 Å². The molecule has 2 aromatic carbocycles. The van der Waals surface area contributed by atoms with E-state index in [0.29, 0.717) is 29.6 Å². The molecule has 0 aliphatic heterocycles. The zero-order chi connectivity index (χ0) is 22.9. The number of ether oxygens (including phenoxy) is 2. The van der Waals surface area contributed by atoms with Crippen molar-refractivity contribution in [2.75, 3.05) is 19.8 Å². The standard InChI is InChI=1S/C28H34O4/c1-4-21-5-7-22(8-6-21)23-9-11-24(12-10-23)25-13-14-27(31-18-16-29)26(19-25)15-17-32-28(30)20(2)3/h4,9-14,19,21-22,29H,1-2,5-8,15-18H2,3H3. The van der Waals surface area contributed by atoms with Crippen LogP contribution in [0.15, 0.2) is 67.3 Å². The Labute approximate surface area is 191 Å². The largest absolute Gasteiger partial charge is 0.491 e. The number of esters is 1. The molecule has 0 bridgehead atoms. The third-order valence-electron chi connectivity index (χ3n) is 6.18. The number of benzene rings is 2. The molecule has 1 saturated carbocycles. The number of allylic oxidation sites excluding steroid dienone is 1. The Balaban J connectivity index is 1.72. The Bertz CT molecular complexity index is 921. The molecule has 1 fully saturated rings. The third kappa shape index (κ3) is 6.33. The zero-order valence-electron chi connectivity index (χ0n) is 19.0. The molecule has 0 unspecified atom stereocenters. The van der Waals surface area contributed by atoms with E-state index in [1.165, 1.54) is 31.2 Å². The fourth-order valence-electron chi connectivity index (χ4n) is 4.26. The summed E-state index contributed by atoms with van der Waals surface area (Å²) in [7, 11) is 0. The summed E-state index contributed by atoms with van der Waals surface area (Å²) in [4.78, 5) is 11.7. The summed E-state index contributed by atoms with van der Waals surface area (Å²) in [5.41, 5.74) is 4.96. The van der Waals surface area contributed by atoms with E-state index < -0.39 is 5.97 Å². The lowest BCUT2D eigenvalue weighted by molar-refractivity contribution is -0.138. The van der Waals surface area contributed by atoms with Gasteiger partial charge in [-0.2, -0.15) is 0 Å². The first-order chi connectivity index (χ1) is 15.5. The van der Waals surface area contributed by atoms with Crippen molar-refractivity contribution in [1.82, 2.24) is 0 Å². The molecule has 0 amide bonds. The van der Waals surface area contributed by atoms with E-state index in [2.05, 4.69) is 49.6 Å². The summed E-state index contributed by atoms with van der Waals surface area (Å²) >= 11 is 0. The van der Waals surface area contributed by atoms with Gasteiger partial charge in [-0.1, -0.05) is 43.0 Å². The summed E-state index contributed by atoms with van der Waals surface area (Å²) in [6, 6.07) is 14.9. The number of hydrogen-bond acceptors (Lipinski definition) is 4. The fraction of sp³-hybridized carbons (Fsp3) is 0.393. The average molecular weight is 435 g/mol. The van der Waals surface area contributed by atoms with Gasteiger partial charge < -0.3 is 14.6 Å². The van der Waals surface area contributed by atoms with Crippen LogP contribution in [0.1, 0.15) is 49.7 Å². The molecule has 0 heterocycles. The van der Waals surface area contributed by atoms with Crippen molar-refractivity contribution in [3.8, 4) is 16.9 Å². The van der Waals surface area contributed by atoms with Gasteiger partial charge in [0.1, 0.15) is 12.4 Å². The number of aliphatic hydroxyl groups excluding tert-OH is 1. The maximum atomic E-state index is 11.7. The van der Waals surface area contributed by atoms with Gasteiger partial charge in [0.05, 0.1) is 13.2 Å². The molecule has 2 aromatic rings. The molecule has 170 valence electrons. The quantitative estimate of drug-likeness (QED) is 0.290. The second-order valence-electron chi connectivity index (χ2n) is 8.53. The van der Waals surface area contributed by atoms with Gasteiger partial charge in [-0.3, -0.25) is 0 Å². The minimum Gasteiger partial charge on any atom is -0.491 e. The molecule has 32 heavy (non-hydrogen) atoms. The van der Waals surface area contributed by atoms with E-state index in [1.54, 1.807) is 6.92 Å². The van der Waals surface area contributed by atoms with Crippen molar-refractivity contribution >= 4 is 5.97 Å². The van der Waals surface area contributed by atoms with Crippen LogP contribution < -0.4 is 4.74 Å². The molecule has 0 aromatic heterocycles. The minimum absolute atomic E-state index is 0.0536. The van der Waals surface area contributed by atoms with Crippen LogP contribution in [-0.4, -0.2) is 30.9 Å². The second kappa shape index (κ2) is 11.7. The van der Waals surface area contributed by atoms with Crippen LogP contribution in [0.4, 0.5) is 0 Å². The second-order valence-corrected chi connectivity index (χ2v) is 8.53. The molecule has 0 spiro atoms. The van der Waals surface area contributed by atoms with Crippen LogP contribution in [0, 0.1) is 5.92 Å². The number of hydrogen-bond donors (Lipinski definition) is 1. The Kier molecular flexibility index (Phi) is 8.69. The van der Waals surface area contributed by atoms with Gasteiger partial charge in [-0.15, -0.1) is 6.58 Å². The number of carbonyl (C=O) groups is 1. The summed E-state index contributed by atoms with van der Waals surface area (Å²) in [6.07, 6.45) is 7.53. The van der Waals surface area contributed by atoms with Gasteiger partial charge >= 0.3 is 5.97 Å². The van der Waals surface area contributed by atoms with Crippen molar-refractivity contribution in [3.05, 3.63) is 78.4 Å². The first kappa shape index (κ1) is 23.8. The van der Waals surface area contributed by atoms with Crippen molar-refractivity contribution in [2.45, 2.75) is 44.9 Å². The van der Waals surface area contributed by atoms with Crippen molar-refractivity contribution in [3.63, 3.8) is 0 Å². The van der Waals surface area contributed by atoms with Crippen LogP contribution in [0.3, 0.4) is 0 Å². The van der Waals surface area contributed by atoms with Crippen molar-refractivity contribution in [1.29, 1.82) is 0 Å². The van der Waals surface area contributed by atoms with E-state index in [9.17, 15) is 4.79 Å². The highest BCUT2D eigenvalue weighted by Gasteiger charge is 2.20. The molecule has 3 rings (SSSR count). The predicted octanol–water partition coefficient (Wildman–Crippen LogP) is 5.85. The minimum atomic E-state index is -0.392. The molecule has 0 atom stereocenters. The summed E-state index contributed by atoms with van der Waals surface area (Å²) in [5, 5.41) is 9.11. The van der Waals surface area contributed by atoms with E-state index in [4.69, 9.17) is 14.6 Å². The highest BCUT2D eigenvalue weighted by molar-refractivity contribution is 5.86. The van der Waals surface area contributed by atoms with Gasteiger partial charge in [0, 0.05) is 12.0 Å². The smallest absolute Gasteiger partial charge is 0.333 e. The Morgan fingerprint density at radius 3 is 2.38 bits per heavy atom. The van der Waals surface area contributed by atoms with E-state index >= 15 is 0 Å². The van der Waals surface area contributed by atoms with Gasteiger partial charge in [0.15, 0.2) is 0 Å². The summed E-state index contributed by atoms with van der Waals surface area (Å²) in [6.45, 7) is 9.60. The normalized spacial score (nSPS) is 18.1. The predicted molar refractivity (Wildman–Crippen MR) is 129 cm³/mol. The lowest BCUT2D eigenvalue weighted by atomic mass is 9.78. The first-order valence-electron chi connectivity index (χ1n) is 11.4. The van der Waals surface area contributed by atoms with Crippen LogP contribution in [0.25, 0.3) is 11.1 Å². The maximum Gasteiger partial charge on any atom is 0.333 e. The highest BCUT2D eigenvalue weighted by Crippen LogP contribution is 2.37. The van der Waals surface area contributed by atoms with Crippen molar-refractivity contribution < 1.29 is 19.4 Å². The van der Waals surface area contributed by atoms with Crippen LogP contribution in [0.2, 0.25) is 0 Å². The molecule has 4 nitrogen and oxygen atoms in total. The zero-order valence-corrected chi connectivity index (χ0v) is 19.0. The van der Waals surface area contributed by atoms with Crippen LogP contribution in [-0.2, 0) is 16.0 Å². The maximum absolute atomic E-state index is 11.7. The number of rotatable bonds is 10. The molecule has 0 radical (unpaired) electrons. The Hall–Kier alpha value is -2.85. The Morgan fingerprint density at radius 2 is 1.75 bits per heavy atom. The molecule has 1 aliphatic rings. The summed E-state index contributed by atoms with van der Waals surface area (Å²) < 4.78 is 10.9. The molecular formula is C28H34O4. The van der Waals surface area contributed by atoms with Gasteiger partial charge in [-0.25, -0.2) is 4.79 Å². The fourth-order valence-corrected chi connectivity index (χ4v) is 4.26. The molecule has 1 aliphatic carbocycles. The number of aliphatic hydroxyl groups is 1. The Morgan fingerprint density at radius 1 is 1.06 bits per heavy atom. The third-order valence-corrected chi connectivity index (χ3v) is 6.18. The molecule has 4 heteroatoms. The molecule has 1 N–H and O–H groups in total. The van der Waals surface area contributed by atoms with Gasteiger partial charge in [0.25, 0.3) is 0 Å². The van der Waals surface area contributed by atoms with Crippen LogP contribution >= 0.6 is 0 Å². The van der Waals surface area contributed by atoms with Crippen LogP contribution in [0.5, 0.6) is 5.75 Å².